The molecule has 0 spiro atoms. The van der Waals surface area contributed by atoms with E-state index in [0.717, 1.165) is 11.8 Å². The molecule has 20 heavy (non-hydrogen) atoms. The molecule has 0 radical (unpaired) electrons. The second-order valence-electron chi connectivity index (χ2n) is 4.01. The van der Waals surface area contributed by atoms with E-state index in [2.05, 4.69) is 9.97 Å². The van der Waals surface area contributed by atoms with Gasteiger partial charge < -0.3 is 15.0 Å². The second-order valence-corrected chi connectivity index (χ2v) is 4.97. The van der Waals surface area contributed by atoms with Crippen molar-refractivity contribution in [3.63, 3.8) is 0 Å². The lowest BCUT2D eigenvalue weighted by molar-refractivity contribution is -0.127. The van der Waals surface area contributed by atoms with Crippen LogP contribution in [0.2, 0.25) is 0 Å². The van der Waals surface area contributed by atoms with Gasteiger partial charge in [0.2, 0.25) is 5.91 Å². The lowest BCUT2D eigenvalue weighted by Crippen LogP contribution is -2.32. The molecule has 110 valence electrons. The minimum Gasteiger partial charge on any atom is -0.478 e. The summed E-state index contributed by atoms with van der Waals surface area (Å²) in [4.78, 5) is 42.0. The van der Waals surface area contributed by atoms with Gasteiger partial charge in [0.25, 0.3) is 0 Å². The zero-order valence-electron chi connectivity index (χ0n) is 11.6. The highest BCUT2D eigenvalue weighted by atomic mass is 32.2. The minimum atomic E-state index is -1.18. The molecule has 1 amide bonds. The monoisotopic (exact) mass is 299 g/mol. The Labute approximate surface area is 120 Å². The third-order valence-electron chi connectivity index (χ3n) is 2.75. The number of aromatic carboxylic acids is 1. The van der Waals surface area contributed by atoms with Crippen molar-refractivity contribution in [2.75, 3.05) is 18.8 Å². The number of hydrogen-bond acceptors (Lipinski definition) is 5. The molecule has 7 nitrogen and oxygen atoms in total. The SMILES string of the molecule is CCN(CC)C(=O)CSc1nc(=O)[nH]c(C)c1C(=O)O. The maximum absolute atomic E-state index is 11.9. The summed E-state index contributed by atoms with van der Waals surface area (Å²) in [7, 11) is 0. The Morgan fingerprint density at radius 2 is 1.95 bits per heavy atom. The summed E-state index contributed by atoms with van der Waals surface area (Å²) in [6, 6.07) is 0. The Balaban J connectivity index is 2.95. The average Bonchev–Trinajstić information content (AvgIpc) is 2.36. The minimum absolute atomic E-state index is 0.0534. The third-order valence-corrected chi connectivity index (χ3v) is 3.71. The molecule has 1 heterocycles. The van der Waals surface area contributed by atoms with E-state index in [0.29, 0.717) is 13.1 Å². The molecule has 2 N–H and O–H groups in total. The average molecular weight is 299 g/mol. The molecule has 1 aromatic heterocycles. The maximum atomic E-state index is 11.9. The Morgan fingerprint density at radius 1 is 1.35 bits per heavy atom. The summed E-state index contributed by atoms with van der Waals surface area (Å²) in [5.41, 5.74) is -0.456. The van der Waals surface area contributed by atoms with Crippen molar-refractivity contribution >= 4 is 23.6 Å². The molecular weight excluding hydrogens is 282 g/mol. The van der Waals surface area contributed by atoms with Crippen molar-refractivity contribution in [3.8, 4) is 0 Å². The van der Waals surface area contributed by atoms with E-state index in [1.54, 1.807) is 4.90 Å². The van der Waals surface area contributed by atoms with Crippen LogP contribution in [0.5, 0.6) is 0 Å². The van der Waals surface area contributed by atoms with Crippen LogP contribution in [0.25, 0.3) is 0 Å². The molecule has 0 aromatic carbocycles. The number of H-pyrrole nitrogens is 1. The van der Waals surface area contributed by atoms with E-state index in [-0.39, 0.29) is 27.9 Å². The Kier molecular flexibility index (Phi) is 5.75. The molecule has 0 aliphatic heterocycles. The Bertz CT molecular complexity index is 566. The van der Waals surface area contributed by atoms with Gasteiger partial charge in [0.1, 0.15) is 10.6 Å². The van der Waals surface area contributed by atoms with Crippen LogP contribution in [0.3, 0.4) is 0 Å². The van der Waals surface area contributed by atoms with E-state index in [9.17, 15) is 14.4 Å². The smallest absolute Gasteiger partial charge is 0.346 e. The summed E-state index contributed by atoms with van der Waals surface area (Å²) in [6.45, 7) is 6.39. The van der Waals surface area contributed by atoms with Crippen molar-refractivity contribution in [2.45, 2.75) is 25.8 Å². The predicted octanol–water partition coefficient (Wildman–Crippen LogP) is 0.737. The summed E-state index contributed by atoms with van der Waals surface area (Å²) in [6.07, 6.45) is 0. The number of carbonyl (C=O) groups excluding carboxylic acids is 1. The summed E-state index contributed by atoms with van der Waals surface area (Å²) in [5.74, 6) is -1.24. The summed E-state index contributed by atoms with van der Waals surface area (Å²) >= 11 is 0.968. The van der Waals surface area contributed by atoms with Crippen LogP contribution in [0.1, 0.15) is 29.9 Å². The zero-order valence-corrected chi connectivity index (χ0v) is 12.4. The molecule has 0 fully saturated rings. The van der Waals surface area contributed by atoms with E-state index in [4.69, 9.17) is 5.11 Å². The normalized spacial score (nSPS) is 10.3. The number of nitrogens with one attached hydrogen (secondary N) is 1. The van der Waals surface area contributed by atoms with Crippen LogP contribution in [-0.4, -0.2) is 50.7 Å². The first-order valence-electron chi connectivity index (χ1n) is 6.15. The highest BCUT2D eigenvalue weighted by Gasteiger charge is 2.19. The van der Waals surface area contributed by atoms with Crippen molar-refractivity contribution in [2.24, 2.45) is 0 Å². The van der Waals surface area contributed by atoms with Crippen LogP contribution >= 0.6 is 11.8 Å². The molecule has 0 aliphatic carbocycles. The topological polar surface area (TPSA) is 103 Å². The number of aryl methyl sites for hydroxylation is 1. The molecule has 8 heteroatoms. The van der Waals surface area contributed by atoms with Crippen molar-refractivity contribution in [3.05, 3.63) is 21.7 Å². The van der Waals surface area contributed by atoms with Gasteiger partial charge in [-0.2, -0.15) is 4.98 Å². The number of carboxylic acid groups (broad SMARTS) is 1. The van der Waals surface area contributed by atoms with Gasteiger partial charge in [0.05, 0.1) is 5.75 Å². The number of nitrogens with zero attached hydrogens (tertiary/aromatic N) is 2. The molecule has 1 aromatic rings. The number of hydrogen-bond donors (Lipinski definition) is 2. The first-order chi connectivity index (χ1) is 9.40. The number of aromatic nitrogens is 2. The fourth-order valence-electron chi connectivity index (χ4n) is 1.71. The predicted molar refractivity (Wildman–Crippen MR) is 75.2 cm³/mol. The van der Waals surface area contributed by atoms with Gasteiger partial charge in [0, 0.05) is 18.8 Å². The molecule has 0 saturated carbocycles. The van der Waals surface area contributed by atoms with Crippen LogP contribution in [0.4, 0.5) is 0 Å². The van der Waals surface area contributed by atoms with Crippen LogP contribution in [-0.2, 0) is 4.79 Å². The number of amides is 1. The molecule has 0 atom stereocenters. The third kappa shape index (κ3) is 3.83. The van der Waals surface area contributed by atoms with E-state index in [1.807, 2.05) is 13.8 Å². The zero-order chi connectivity index (χ0) is 15.3. The van der Waals surface area contributed by atoms with Crippen molar-refractivity contribution in [1.82, 2.24) is 14.9 Å². The van der Waals surface area contributed by atoms with Gasteiger partial charge >= 0.3 is 11.7 Å². The van der Waals surface area contributed by atoms with Gasteiger partial charge in [-0.15, -0.1) is 0 Å². The molecule has 0 unspecified atom stereocenters. The molecule has 0 bridgehead atoms. The molecular formula is C12H17N3O4S. The quantitative estimate of drug-likeness (QED) is 0.593. The highest BCUT2D eigenvalue weighted by Crippen LogP contribution is 2.21. The van der Waals surface area contributed by atoms with Crippen LogP contribution in [0, 0.1) is 6.92 Å². The first-order valence-corrected chi connectivity index (χ1v) is 7.14. The second kappa shape index (κ2) is 7.09. The number of aromatic amines is 1. The van der Waals surface area contributed by atoms with E-state index in [1.165, 1.54) is 6.92 Å². The molecule has 1 rings (SSSR count). The number of carboxylic acids is 1. The van der Waals surface area contributed by atoms with E-state index < -0.39 is 11.7 Å². The van der Waals surface area contributed by atoms with Crippen molar-refractivity contribution < 1.29 is 14.7 Å². The molecule has 0 saturated heterocycles. The van der Waals surface area contributed by atoms with Gasteiger partial charge in [-0.3, -0.25) is 4.79 Å². The number of thioether (sulfide) groups is 1. The lowest BCUT2D eigenvalue weighted by Gasteiger charge is -2.18. The fourth-order valence-corrected chi connectivity index (χ4v) is 2.69. The lowest BCUT2D eigenvalue weighted by atomic mass is 10.2. The molecule has 0 aliphatic rings. The van der Waals surface area contributed by atoms with Crippen LogP contribution < -0.4 is 5.69 Å². The highest BCUT2D eigenvalue weighted by molar-refractivity contribution is 8.00. The van der Waals surface area contributed by atoms with Gasteiger partial charge in [0.15, 0.2) is 0 Å². The van der Waals surface area contributed by atoms with E-state index >= 15 is 0 Å². The summed E-state index contributed by atoms with van der Waals surface area (Å²) < 4.78 is 0. The van der Waals surface area contributed by atoms with Gasteiger partial charge in [-0.1, -0.05) is 11.8 Å². The van der Waals surface area contributed by atoms with Crippen molar-refractivity contribution in [1.29, 1.82) is 0 Å². The first kappa shape index (κ1) is 16.2. The number of rotatable bonds is 6. The standard InChI is InChI=1S/C12H17N3O4S/c1-4-15(5-2)8(16)6-20-10-9(11(17)18)7(3)13-12(19)14-10/h4-6H2,1-3H3,(H,17,18)(H,13,14,19). The maximum Gasteiger partial charge on any atom is 0.346 e. The summed E-state index contributed by atoms with van der Waals surface area (Å²) in [5, 5.41) is 9.20. The fraction of sp³-hybridized carbons (Fsp3) is 0.500. The van der Waals surface area contributed by atoms with Crippen LogP contribution in [0.15, 0.2) is 9.82 Å². The van der Waals surface area contributed by atoms with Gasteiger partial charge in [-0.05, 0) is 20.8 Å². The number of carbonyl (C=O) groups is 2. The largest absolute Gasteiger partial charge is 0.478 e. The Morgan fingerprint density at radius 3 is 2.45 bits per heavy atom. The Hall–Kier alpha value is -1.83. The van der Waals surface area contributed by atoms with Gasteiger partial charge in [-0.25, -0.2) is 9.59 Å².